The second kappa shape index (κ2) is 5.09. The van der Waals surface area contributed by atoms with E-state index in [0.717, 1.165) is 17.2 Å². The molecule has 0 aliphatic carbocycles. The molecule has 0 bridgehead atoms. The predicted octanol–water partition coefficient (Wildman–Crippen LogP) is 3.67. The molecule has 4 heteroatoms. The Kier molecular flexibility index (Phi) is 3.72. The summed E-state index contributed by atoms with van der Waals surface area (Å²) >= 11 is 0. The van der Waals surface area contributed by atoms with Crippen molar-refractivity contribution >= 4 is 19.1 Å². The van der Waals surface area contributed by atoms with Crippen molar-refractivity contribution in [3.63, 3.8) is 0 Å². The van der Waals surface area contributed by atoms with Crippen LogP contribution in [0.25, 0.3) is 10.8 Å². The molecule has 0 saturated carbocycles. The summed E-state index contributed by atoms with van der Waals surface area (Å²) in [6.07, 6.45) is 0.923. The lowest BCUT2D eigenvalue weighted by Crippen LogP contribution is -1.90. The monoisotopic (exact) mass is 252 g/mol. The van der Waals surface area contributed by atoms with Gasteiger partial charge in [-0.25, -0.2) is 4.39 Å². The molecule has 90 valence electrons. The normalized spacial score (nSPS) is 13.2. The lowest BCUT2D eigenvalue weighted by Gasteiger charge is -2.10. The van der Waals surface area contributed by atoms with Crippen molar-refractivity contribution in [3.05, 3.63) is 47.5 Å². The molecular formula is C13H14FO2P. The number of fused-ring (bicyclic) bond motifs is 1. The number of aryl methyl sites for hydroxylation is 1. The van der Waals surface area contributed by atoms with Gasteiger partial charge in [-0.15, -0.1) is 0 Å². The van der Waals surface area contributed by atoms with Crippen LogP contribution in [0.5, 0.6) is 0 Å². The van der Waals surface area contributed by atoms with Gasteiger partial charge in [0.1, 0.15) is 0 Å². The van der Waals surface area contributed by atoms with Gasteiger partial charge in [0, 0.05) is 0 Å². The van der Waals surface area contributed by atoms with E-state index >= 15 is 0 Å². The molecule has 0 radical (unpaired) electrons. The van der Waals surface area contributed by atoms with E-state index in [1.165, 1.54) is 5.56 Å². The van der Waals surface area contributed by atoms with Crippen LogP contribution in [0, 0.1) is 0 Å². The quantitative estimate of drug-likeness (QED) is 0.818. The largest absolute Gasteiger partial charge is 0.348 e. The maximum Gasteiger partial charge on any atom is 0.206 e. The molecule has 2 N–H and O–H groups in total. The summed E-state index contributed by atoms with van der Waals surface area (Å²) in [7, 11) is -2.57. The topological polar surface area (TPSA) is 40.5 Å². The highest BCUT2D eigenvalue weighted by molar-refractivity contribution is 7.45. The zero-order valence-corrected chi connectivity index (χ0v) is 10.4. The van der Waals surface area contributed by atoms with Crippen molar-refractivity contribution in [2.45, 2.75) is 19.3 Å². The van der Waals surface area contributed by atoms with Crippen molar-refractivity contribution in [2.24, 2.45) is 0 Å². The third-order valence-corrected chi connectivity index (χ3v) is 3.52. The van der Waals surface area contributed by atoms with Gasteiger partial charge in [0.25, 0.3) is 0 Å². The highest BCUT2D eigenvalue weighted by Crippen LogP contribution is 2.45. The summed E-state index contributed by atoms with van der Waals surface area (Å²) in [4.78, 5) is 17.8. The maximum atomic E-state index is 13.5. The van der Waals surface area contributed by atoms with Crippen LogP contribution < -0.4 is 0 Å². The molecule has 0 aliphatic heterocycles. The zero-order valence-electron chi connectivity index (χ0n) is 9.47. The SMILES string of the molecule is CCc1ccc2ccc(C(F)P(O)O)cc2c1. The van der Waals surface area contributed by atoms with Crippen molar-refractivity contribution in [1.82, 2.24) is 0 Å². The van der Waals surface area contributed by atoms with Gasteiger partial charge in [0.15, 0.2) is 5.91 Å². The van der Waals surface area contributed by atoms with Crippen molar-refractivity contribution in [1.29, 1.82) is 0 Å². The first-order chi connectivity index (χ1) is 8.11. The fourth-order valence-corrected chi connectivity index (χ4v) is 2.24. The second-order valence-electron chi connectivity index (χ2n) is 3.95. The first kappa shape index (κ1) is 12.4. The van der Waals surface area contributed by atoms with Gasteiger partial charge in [-0.2, -0.15) is 0 Å². The van der Waals surface area contributed by atoms with E-state index in [-0.39, 0.29) is 0 Å². The number of hydrogen-bond donors (Lipinski definition) is 2. The summed E-state index contributed by atoms with van der Waals surface area (Å²) in [6.45, 7) is 2.06. The smallest absolute Gasteiger partial charge is 0.206 e. The van der Waals surface area contributed by atoms with E-state index in [2.05, 4.69) is 6.92 Å². The van der Waals surface area contributed by atoms with Crippen molar-refractivity contribution in [2.75, 3.05) is 0 Å². The Balaban J connectivity index is 2.48. The van der Waals surface area contributed by atoms with Gasteiger partial charge in [-0.1, -0.05) is 37.3 Å². The van der Waals surface area contributed by atoms with Crippen LogP contribution in [0.15, 0.2) is 36.4 Å². The van der Waals surface area contributed by atoms with Gasteiger partial charge in [-0.05, 0) is 34.4 Å². The van der Waals surface area contributed by atoms with Crippen molar-refractivity contribution in [3.8, 4) is 0 Å². The minimum Gasteiger partial charge on any atom is -0.348 e. The fourth-order valence-electron chi connectivity index (χ4n) is 1.82. The molecule has 0 saturated heterocycles. The second-order valence-corrected chi connectivity index (χ2v) is 5.04. The molecule has 1 unspecified atom stereocenters. The Morgan fingerprint density at radius 3 is 2.47 bits per heavy atom. The Labute approximate surface area is 101 Å². The average molecular weight is 252 g/mol. The minimum atomic E-state index is -2.57. The summed E-state index contributed by atoms with van der Waals surface area (Å²) in [5, 5.41) is 1.96. The lowest BCUT2D eigenvalue weighted by atomic mass is 10.0. The van der Waals surface area contributed by atoms with E-state index < -0.39 is 14.3 Å². The van der Waals surface area contributed by atoms with Crippen LogP contribution in [0.2, 0.25) is 0 Å². The van der Waals surface area contributed by atoms with Gasteiger partial charge in [-0.3, -0.25) is 0 Å². The molecule has 1 atom stereocenters. The molecule has 0 aliphatic rings. The van der Waals surface area contributed by atoms with E-state index in [1.54, 1.807) is 18.2 Å². The Morgan fingerprint density at radius 2 is 1.82 bits per heavy atom. The summed E-state index contributed by atoms with van der Waals surface area (Å²) < 4.78 is 13.5. The number of alkyl halides is 1. The highest BCUT2D eigenvalue weighted by Gasteiger charge is 2.18. The molecule has 0 spiro atoms. The summed E-state index contributed by atoms with van der Waals surface area (Å²) in [5.74, 6) is -1.69. The van der Waals surface area contributed by atoms with Gasteiger partial charge < -0.3 is 9.79 Å². The Bertz CT molecular complexity index is 528. The first-order valence-electron chi connectivity index (χ1n) is 5.45. The lowest BCUT2D eigenvalue weighted by molar-refractivity contribution is 0.373. The zero-order chi connectivity index (χ0) is 12.4. The Morgan fingerprint density at radius 1 is 1.12 bits per heavy atom. The summed E-state index contributed by atoms with van der Waals surface area (Å²) in [6, 6.07) is 11.1. The molecule has 2 rings (SSSR count). The predicted molar refractivity (Wildman–Crippen MR) is 68.5 cm³/mol. The molecule has 2 aromatic rings. The average Bonchev–Trinajstić information content (AvgIpc) is 2.36. The minimum absolute atomic E-state index is 0.321. The maximum absolute atomic E-state index is 13.5. The molecular weight excluding hydrogens is 238 g/mol. The van der Waals surface area contributed by atoms with E-state index in [0.29, 0.717) is 5.56 Å². The van der Waals surface area contributed by atoms with Gasteiger partial charge in [0.05, 0.1) is 0 Å². The van der Waals surface area contributed by atoms with Crippen LogP contribution in [-0.2, 0) is 6.42 Å². The molecule has 17 heavy (non-hydrogen) atoms. The van der Waals surface area contributed by atoms with E-state index in [1.807, 2.05) is 18.2 Å². The summed E-state index contributed by atoms with van der Waals surface area (Å²) in [5.41, 5.74) is 1.50. The van der Waals surface area contributed by atoms with Crippen LogP contribution in [0.1, 0.15) is 24.0 Å². The van der Waals surface area contributed by atoms with Crippen LogP contribution in [-0.4, -0.2) is 9.79 Å². The highest BCUT2D eigenvalue weighted by atomic mass is 31.2. The molecule has 2 aromatic carbocycles. The molecule has 0 amide bonds. The number of benzene rings is 2. The molecule has 2 nitrogen and oxygen atoms in total. The first-order valence-corrected chi connectivity index (χ1v) is 6.77. The number of hydrogen-bond acceptors (Lipinski definition) is 2. The van der Waals surface area contributed by atoms with E-state index in [9.17, 15) is 4.39 Å². The van der Waals surface area contributed by atoms with Crippen LogP contribution in [0.4, 0.5) is 4.39 Å². The van der Waals surface area contributed by atoms with Crippen molar-refractivity contribution < 1.29 is 14.2 Å². The fraction of sp³-hybridized carbons (Fsp3) is 0.231. The Hall–Kier alpha value is -1.02. The molecule has 0 aromatic heterocycles. The third-order valence-electron chi connectivity index (χ3n) is 2.81. The molecule has 0 fully saturated rings. The van der Waals surface area contributed by atoms with Crippen LogP contribution >= 0.6 is 8.38 Å². The molecule has 0 heterocycles. The number of halogens is 1. The van der Waals surface area contributed by atoms with E-state index in [4.69, 9.17) is 9.79 Å². The third kappa shape index (κ3) is 2.63. The van der Waals surface area contributed by atoms with Crippen LogP contribution in [0.3, 0.4) is 0 Å². The van der Waals surface area contributed by atoms with Gasteiger partial charge in [0.2, 0.25) is 8.38 Å². The van der Waals surface area contributed by atoms with Gasteiger partial charge >= 0.3 is 0 Å². The number of rotatable bonds is 3. The standard InChI is InChI=1S/C13H14FO2P/c1-2-9-3-4-10-5-6-11(8-12(10)7-9)13(14)17(15)16/h3-8,13,15-16H,2H2,1H3.